The minimum Gasteiger partial charge on any atom is -0.378 e. The summed E-state index contributed by atoms with van der Waals surface area (Å²) in [4.78, 5) is 23.7. The molecule has 1 aliphatic rings. The molecule has 32 heavy (non-hydrogen) atoms. The van der Waals surface area contributed by atoms with Crippen LogP contribution in [0.2, 0.25) is 10.0 Å². The summed E-state index contributed by atoms with van der Waals surface area (Å²) in [7, 11) is 0. The Bertz CT molecular complexity index is 1210. The highest BCUT2D eigenvalue weighted by Crippen LogP contribution is 2.28. The molecule has 1 saturated heterocycles. The first-order valence-corrected chi connectivity index (χ1v) is 10.9. The molecule has 1 fully saturated rings. The number of benzene rings is 2. The van der Waals surface area contributed by atoms with E-state index in [2.05, 4.69) is 40.5 Å². The minimum absolute atomic E-state index is 0.373. The quantitative estimate of drug-likeness (QED) is 0.384. The molecule has 1 aliphatic heterocycles. The number of nitrogens with zero attached hydrogens (tertiary/aromatic N) is 5. The molecule has 0 spiro atoms. The number of ether oxygens (including phenoxy) is 1. The molecule has 164 valence electrons. The number of H-pyrrole nitrogens is 1. The van der Waals surface area contributed by atoms with Gasteiger partial charge in [0.25, 0.3) is 0 Å². The van der Waals surface area contributed by atoms with Crippen LogP contribution in [0.1, 0.15) is 5.82 Å². The molecule has 0 amide bonds. The molecule has 0 unspecified atom stereocenters. The Labute approximate surface area is 194 Å². The fraction of sp³-hybridized carbons (Fsp3) is 0.238. The van der Waals surface area contributed by atoms with Crippen molar-refractivity contribution in [1.29, 1.82) is 0 Å². The van der Waals surface area contributed by atoms with E-state index in [4.69, 9.17) is 27.9 Å². The van der Waals surface area contributed by atoms with Crippen LogP contribution in [0.15, 0.2) is 42.5 Å². The minimum atomic E-state index is 0.373. The van der Waals surface area contributed by atoms with Crippen molar-refractivity contribution in [2.24, 2.45) is 0 Å². The van der Waals surface area contributed by atoms with Crippen molar-refractivity contribution in [2.45, 2.75) is 6.54 Å². The van der Waals surface area contributed by atoms with Gasteiger partial charge >= 0.3 is 0 Å². The summed E-state index contributed by atoms with van der Waals surface area (Å²) in [5, 5.41) is 7.44. The zero-order valence-corrected chi connectivity index (χ0v) is 18.5. The lowest BCUT2D eigenvalue weighted by Crippen LogP contribution is -2.37. The number of fused-ring (bicyclic) bond motifs is 1. The summed E-state index contributed by atoms with van der Waals surface area (Å²) in [6.07, 6.45) is 0. The second-order valence-electron chi connectivity index (χ2n) is 7.19. The van der Waals surface area contributed by atoms with Gasteiger partial charge in [-0.05, 0) is 30.3 Å². The van der Waals surface area contributed by atoms with Gasteiger partial charge in [0.05, 0.1) is 41.5 Å². The summed E-state index contributed by atoms with van der Waals surface area (Å²) in [5.74, 6) is 2.14. The monoisotopic (exact) mass is 470 g/mol. The Kier molecular flexibility index (Phi) is 5.93. The Balaban J connectivity index is 1.41. The summed E-state index contributed by atoms with van der Waals surface area (Å²) >= 11 is 12.3. The lowest BCUT2D eigenvalue weighted by atomic mass is 10.3. The van der Waals surface area contributed by atoms with Crippen molar-refractivity contribution in [3.05, 3.63) is 58.3 Å². The van der Waals surface area contributed by atoms with Crippen LogP contribution in [-0.2, 0) is 11.3 Å². The van der Waals surface area contributed by atoms with Crippen LogP contribution in [0, 0.1) is 0 Å². The predicted octanol–water partition coefficient (Wildman–Crippen LogP) is 4.25. The number of nitrogens with one attached hydrogen (secondary N) is 3. The van der Waals surface area contributed by atoms with E-state index in [9.17, 15) is 0 Å². The lowest BCUT2D eigenvalue weighted by molar-refractivity contribution is 0.122. The van der Waals surface area contributed by atoms with E-state index >= 15 is 0 Å². The number of morpholine rings is 1. The van der Waals surface area contributed by atoms with Crippen LogP contribution in [0.3, 0.4) is 0 Å². The summed E-state index contributed by atoms with van der Waals surface area (Å²) < 4.78 is 5.45. The second-order valence-corrected chi connectivity index (χ2v) is 8.03. The van der Waals surface area contributed by atoms with Crippen LogP contribution < -0.4 is 15.5 Å². The Morgan fingerprint density at radius 1 is 0.969 bits per heavy atom. The summed E-state index contributed by atoms with van der Waals surface area (Å²) in [6, 6.07) is 13.1. The van der Waals surface area contributed by atoms with Crippen LogP contribution in [-0.4, -0.2) is 51.2 Å². The van der Waals surface area contributed by atoms with Crippen molar-refractivity contribution in [1.82, 2.24) is 24.9 Å². The molecular formula is C21H20Cl2N8O. The molecular weight excluding hydrogens is 451 g/mol. The van der Waals surface area contributed by atoms with Crippen LogP contribution in [0.4, 0.5) is 23.5 Å². The van der Waals surface area contributed by atoms with E-state index in [1.807, 2.05) is 24.3 Å². The average molecular weight is 471 g/mol. The van der Waals surface area contributed by atoms with Crippen LogP contribution in [0.25, 0.3) is 11.0 Å². The molecule has 0 saturated carbocycles. The number of rotatable bonds is 6. The third-order valence-electron chi connectivity index (χ3n) is 4.95. The molecule has 3 N–H and O–H groups in total. The smallest absolute Gasteiger partial charge is 0.233 e. The standard InChI is InChI=1S/C21H20Cl2N8O/c22-13-5-6-15(14(23)11-13)27-20-28-19(29-21(30-20)31-7-9-32-10-8-31)24-12-18-25-16-3-1-2-4-17(16)26-18/h1-6,11H,7-10,12H2,(H,25,26)(H2,24,27,28,29,30). The van der Waals surface area contributed by atoms with Gasteiger partial charge < -0.3 is 25.3 Å². The first kappa shape index (κ1) is 20.7. The highest BCUT2D eigenvalue weighted by atomic mass is 35.5. The molecule has 0 bridgehead atoms. The first-order chi connectivity index (χ1) is 15.6. The maximum Gasteiger partial charge on any atom is 0.233 e. The van der Waals surface area contributed by atoms with Gasteiger partial charge in [-0.1, -0.05) is 35.3 Å². The molecule has 0 radical (unpaired) electrons. The third kappa shape index (κ3) is 4.69. The van der Waals surface area contributed by atoms with Gasteiger partial charge in [0.2, 0.25) is 17.8 Å². The Hall–Kier alpha value is -3.14. The summed E-state index contributed by atoms with van der Waals surface area (Å²) in [6.45, 7) is 3.09. The molecule has 3 heterocycles. The maximum absolute atomic E-state index is 6.31. The van der Waals surface area contributed by atoms with Gasteiger partial charge in [0.15, 0.2) is 0 Å². The normalized spacial score (nSPS) is 14.0. The van der Waals surface area contributed by atoms with Crippen LogP contribution in [0.5, 0.6) is 0 Å². The molecule has 0 atom stereocenters. The molecule has 11 heteroatoms. The van der Waals surface area contributed by atoms with E-state index in [0.29, 0.717) is 66.4 Å². The van der Waals surface area contributed by atoms with E-state index in [1.54, 1.807) is 18.2 Å². The number of halogens is 2. The van der Waals surface area contributed by atoms with Crippen molar-refractivity contribution in [2.75, 3.05) is 41.8 Å². The number of aromatic nitrogens is 5. The number of imidazole rings is 1. The second kappa shape index (κ2) is 9.15. The third-order valence-corrected chi connectivity index (χ3v) is 5.50. The van der Waals surface area contributed by atoms with Crippen molar-refractivity contribution >= 4 is 57.8 Å². The van der Waals surface area contributed by atoms with E-state index in [1.165, 1.54) is 0 Å². The maximum atomic E-state index is 6.31. The fourth-order valence-corrected chi connectivity index (χ4v) is 3.82. The van der Waals surface area contributed by atoms with Gasteiger partial charge in [-0.3, -0.25) is 0 Å². The van der Waals surface area contributed by atoms with Crippen molar-refractivity contribution in [3.63, 3.8) is 0 Å². The number of hydrogen-bond acceptors (Lipinski definition) is 8. The number of hydrogen-bond donors (Lipinski definition) is 3. The highest BCUT2D eigenvalue weighted by molar-refractivity contribution is 6.36. The van der Waals surface area contributed by atoms with E-state index in [-0.39, 0.29) is 0 Å². The SMILES string of the molecule is Clc1ccc(Nc2nc(NCc3nc4ccccc4[nH]3)nc(N3CCOCC3)n2)c(Cl)c1. The first-order valence-electron chi connectivity index (χ1n) is 10.1. The Morgan fingerprint density at radius 3 is 2.59 bits per heavy atom. The largest absolute Gasteiger partial charge is 0.378 e. The zero-order chi connectivity index (χ0) is 21.9. The molecule has 2 aromatic carbocycles. The predicted molar refractivity (Wildman–Crippen MR) is 126 cm³/mol. The highest BCUT2D eigenvalue weighted by Gasteiger charge is 2.17. The Morgan fingerprint density at radius 2 is 1.78 bits per heavy atom. The van der Waals surface area contributed by atoms with Crippen LogP contribution >= 0.6 is 23.2 Å². The molecule has 4 aromatic rings. The van der Waals surface area contributed by atoms with Gasteiger partial charge in [0, 0.05) is 18.1 Å². The average Bonchev–Trinajstić information content (AvgIpc) is 3.23. The van der Waals surface area contributed by atoms with Crippen molar-refractivity contribution < 1.29 is 4.74 Å². The lowest BCUT2D eigenvalue weighted by Gasteiger charge is -2.27. The summed E-state index contributed by atoms with van der Waals surface area (Å²) in [5.41, 5.74) is 2.54. The van der Waals surface area contributed by atoms with Gasteiger partial charge in [-0.25, -0.2) is 4.98 Å². The zero-order valence-electron chi connectivity index (χ0n) is 17.0. The molecule has 5 rings (SSSR count). The fourth-order valence-electron chi connectivity index (χ4n) is 3.37. The van der Waals surface area contributed by atoms with Crippen molar-refractivity contribution in [3.8, 4) is 0 Å². The van der Waals surface area contributed by atoms with Gasteiger partial charge in [0.1, 0.15) is 5.82 Å². The topological polar surface area (TPSA) is 104 Å². The number of para-hydroxylation sites is 2. The molecule has 2 aromatic heterocycles. The van der Waals surface area contributed by atoms with E-state index < -0.39 is 0 Å². The van der Waals surface area contributed by atoms with E-state index in [0.717, 1.165) is 16.9 Å². The van der Waals surface area contributed by atoms with Gasteiger partial charge in [-0.2, -0.15) is 15.0 Å². The number of aromatic amines is 1. The van der Waals surface area contributed by atoms with Gasteiger partial charge in [-0.15, -0.1) is 0 Å². The number of anilines is 4. The molecule has 0 aliphatic carbocycles. The molecule has 9 nitrogen and oxygen atoms in total.